The Hall–Kier alpha value is -0.770. The quantitative estimate of drug-likeness (QED) is 0.376. The molecule has 0 aromatic rings. The molecule has 2 saturated carbocycles. The zero-order valence-electron chi connectivity index (χ0n) is 10.8. The SMILES string of the molecule is CN=C(N)NNC1CC2CCC1(C)C2(C)C. The summed E-state index contributed by atoms with van der Waals surface area (Å²) in [5.74, 6) is 1.31. The van der Waals surface area contributed by atoms with E-state index in [4.69, 9.17) is 5.73 Å². The lowest BCUT2D eigenvalue weighted by molar-refractivity contribution is 0.118. The van der Waals surface area contributed by atoms with E-state index in [9.17, 15) is 0 Å². The molecule has 16 heavy (non-hydrogen) atoms. The van der Waals surface area contributed by atoms with Crippen LogP contribution >= 0.6 is 0 Å². The summed E-state index contributed by atoms with van der Waals surface area (Å²) in [6.45, 7) is 7.21. The van der Waals surface area contributed by atoms with Crippen molar-refractivity contribution in [2.24, 2.45) is 27.5 Å². The number of rotatable bonds is 2. The van der Waals surface area contributed by atoms with E-state index in [0.29, 0.717) is 22.8 Å². The molecular weight excluding hydrogens is 200 g/mol. The van der Waals surface area contributed by atoms with Gasteiger partial charge in [0.2, 0.25) is 5.96 Å². The van der Waals surface area contributed by atoms with Gasteiger partial charge in [0.25, 0.3) is 0 Å². The first-order valence-electron chi connectivity index (χ1n) is 6.15. The van der Waals surface area contributed by atoms with E-state index in [1.54, 1.807) is 7.05 Å². The van der Waals surface area contributed by atoms with Gasteiger partial charge in [0.1, 0.15) is 0 Å². The summed E-state index contributed by atoms with van der Waals surface area (Å²) in [6.07, 6.45) is 3.93. The Morgan fingerprint density at radius 2 is 2.06 bits per heavy atom. The molecule has 2 rings (SSSR count). The Kier molecular flexibility index (Phi) is 2.65. The fourth-order valence-electron chi connectivity index (χ4n) is 3.64. The van der Waals surface area contributed by atoms with Crippen LogP contribution in [0.5, 0.6) is 0 Å². The summed E-state index contributed by atoms with van der Waals surface area (Å²) in [5.41, 5.74) is 12.8. The van der Waals surface area contributed by atoms with E-state index >= 15 is 0 Å². The standard InChI is InChI=1S/C12H24N4/c1-11(2)8-5-6-12(11,3)9(7-8)15-16-10(13)14-4/h8-9,15H,5-7H2,1-4H3,(H3,13,14,16). The van der Waals surface area contributed by atoms with Crippen LogP contribution in [0.15, 0.2) is 4.99 Å². The predicted octanol–water partition coefficient (Wildman–Crippen LogP) is 1.24. The van der Waals surface area contributed by atoms with Crippen LogP contribution < -0.4 is 16.6 Å². The second kappa shape index (κ2) is 3.62. The number of hydrazine groups is 1. The number of nitrogens with zero attached hydrogens (tertiary/aromatic N) is 1. The van der Waals surface area contributed by atoms with Crippen LogP contribution in [-0.2, 0) is 0 Å². The monoisotopic (exact) mass is 224 g/mol. The van der Waals surface area contributed by atoms with Crippen molar-refractivity contribution in [2.45, 2.75) is 46.1 Å². The molecule has 3 atom stereocenters. The largest absolute Gasteiger partial charge is 0.369 e. The molecule has 0 aromatic heterocycles. The summed E-state index contributed by atoms with van der Waals surface area (Å²) in [4.78, 5) is 3.89. The van der Waals surface area contributed by atoms with Crippen LogP contribution in [0.1, 0.15) is 40.0 Å². The maximum atomic E-state index is 5.64. The minimum atomic E-state index is 0.374. The number of nitrogens with one attached hydrogen (secondary N) is 2. The van der Waals surface area contributed by atoms with E-state index in [1.807, 2.05) is 0 Å². The molecule has 3 unspecified atom stereocenters. The Labute approximate surface area is 98.0 Å². The first-order chi connectivity index (χ1) is 7.41. The molecule has 0 spiro atoms. The summed E-state index contributed by atoms with van der Waals surface area (Å²) in [6, 6.07) is 0.501. The van der Waals surface area contributed by atoms with Gasteiger partial charge in [0, 0.05) is 13.1 Å². The number of hydrogen-bond acceptors (Lipinski definition) is 2. The van der Waals surface area contributed by atoms with Crippen LogP contribution in [0, 0.1) is 16.7 Å². The molecule has 0 saturated heterocycles. The van der Waals surface area contributed by atoms with Gasteiger partial charge in [0.05, 0.1) is 0 Å². The van der Waals surface area contributed by atoms with Gasteiger partial charge in [0.15, 0.2) is 0 Å². The van der Waals surface area contributed by atoms with Gasteiger partial charge in [-0.25, -0.2) is 5.43 Å². The second-order valence-electron chi connectivity index (χ2n) is 6.04. The van der Waals surface area contributed by atoms with Crippen LogP contribution in [0.4, 0.5) is 0 Å². The highest BCUT2D eigenvalue weighted by molar-refractivity contribution is 5.77. The van der Waals surface area contributed by atoms with Gasteiger partial charge < -0.3 is 5.73 Å². The molecule has 0 heterocycles. The number of hydrogen-bond donors (Lipinski definition) is 3. The lowest BCUT2D eigenvalue weighted by atomic mass is 9.69. The Morgan fingerprint density at radius 1 is 1.38 bits per heavy atom. The predicted molar refractivity (Wildman–Crippen MR) is 66.8 cm³/mol. The Balaban J connectivity index is 2.04. The van der Waals surface area contributed by atoms with Gasteiger partial charge in [-0.2, -0.15) is 0 Å². The van der Waals surface area contributed by atoms with Crippen LogP contribution in [-0.4, -0.2) is 19.0 Å². The molecule has 2 fully saturated rings. The van der Waals surface area contributed by atoms with Gasteiger partial charge >= 0.3 is 0 Å². The summed E-state index contributed by atoms with van der Waals surface area (Å²) in [5, 5.41) is 0. The average molecular weight is 224 g/mol. The topological polar surface area (TPSA) is 62.4 Å². The fraction of sp³-hybridized carbons (Fsp3) is 0.917. The Morgan fingerprint density at radius 3 is 2.50 bits per heavy atom. The molecule has 0 radical (unpaired) electrons. The third-order valence-electron chi connectivity index (χ3n) is 5.41. The first kappa shape index (κ1) is 11.7. The number of nitrogens with two attached hydrogens (primary N) is 1. The first-order valence-corrected chi connectivity index (χ1v) is 6.15. The minimum absolute atomic E-state index is 0.374. The zero-order chi connectivity index (χ0) is 12.0. The van der Waals surface area contributed by atoms with Crippen molar-refractivity contribution < 1.29 is 0 Å². The minimum Gasteiger partial charge on any atom is -0.369 e. The molecule has 4 heteroatoms. The molecule has 92 valence electrons. The van der Waals surface area contributed by atoms with E-state index in [-0.39, 0.29) is 0 Å². The molecule has 2 aliphatic rings. The molecule has 2 bridgehead atoms. The summed E-state index contributed by atoms with van der Waals surface area (Å²) >= 11 is 0. The maximum absolute atomic E-state index is 5.64. The van der Waals surface area contributed by atoms with E-state index < -0.39 is 0 Å². The molecule has 4 N–H and O–H groups in total. The highest BCUT2D eigenvalue weighted by Gasteiger charge is 2.61. The van der Waals surface area contributed by atoms with E-state index in [0.717, 1.165) is 5.92 Å². The maximum Gasteiger partial charge on any atom is 0.202 e. The third kappa shape index (κ3) is 1.43. The van der Waals surface area contributed by atoms with Crippen molar-refractivity contribution in [2.75, 3.05) is 7.05 Å². The molecule has 0 aliphatic heterocycles. The van der Waals surface area contributed by atoms with Crippen molar-refractivity contribution in [1.82, 2.24) is 10.9 Å². The van der Waals surface area contributed by atoms with E-state index in [1.165, 1.54) is 19.3 Å². The smallest absolute Gasteiger partial charge is 0.202 e. The molecular formula is C12H24N4. The average Bonchev–Trinajstić information content (AvgIpc) is 2.58. The molecule has 0 amide bonds. The van der Waals surface area contributed by atoms with Crippen molar-refractivity contribution in [3.8, 4) is 0 Å². The lowest BCUT2D eigenvalue weighted by Crippen LogP contribution is -2.53. The van der Waals surface area contributed by atoms with Crippen molar-refractivity contribution >= 4 is 5.96 Å². The zero-order valence-corrected chi connectivity index (χ0v) is 10.8. The molecule has 4 nitrogen and oxygen atoms in total. The van der Waals surface area contributed by atoms with Crippen LogP contribution in [0.2, 0.25) is 0 Å². The molecule has 2 aliphatic carbocycles. The number of guanidine groups is 1. The van der Waals surface area contributed by atoms with Crippen molar-refractivity contribution in [1.29, 1.82) is 0 Å². The van der Waals surface area contributed by atoms with Gasteiger partial charge in [-0.1, -0.05) is 20.8 Å². The van der Waals surface area contributed by atoms with Gasteiger partial charge in [-0.15, -0.1) is 0 Å². The van der Waals surface area contributed by atoms with Crippen LogP contribution in [0.3, 0.4) is 0 Å². The Bertz CT molecular complexity index is 310. The highest BCUT2D eigenvalue weighted by Crippen LogP contribution is 2.65. The number of aliphatic imine (C=N–C) groups is 1. The normalized spacial score (nSPS) is 41.4. The summed E-state index contributed by atoms with van der Waals surface area (Å²) in [7, 11) is 1.69. The van der Waals surface area contributed by atoms with Crippen LogP contribution in [0.25, 0.3) is 0 Å². The van der Waals surface area contributed by atoms with Gasteiger partial charge in [-0.05, 0) is 36.0 Å². The van der Waals surface area contributed by atoms with E-state index in [2.05, 4.69) is 36.6 Å². The third-order valence-corrected chi connectivity index (χ3v) is 5.41. The van der Waals surface area contributed by atoms with Crippen molar-refractivity contribution in [3.63, 3.8) is 0 Å². The van der Waals surface area contributed by atoms with Gasteiger partial charge in [-0.3, -0.25) is 10.4 Å². The summed E-state index contributed by atoms with van der Waals surface area (Å²) < 4.78 is 0. The lowest BCUT2D eigenvalue weighted by Gasteiger charge is -2.39. The molecule has 0 aromatic carbocycles. The fourth-order valence-corrected chi connectivity index (χ4v) is 3.64. The second-order valence-corrected chi connectivity index (χ2v) is 6.04. The van der Waals surface area contributed by atoms with Crippen molar-refractivity contribution in [3.05, 3.63) is 0 Å². The number of fused-ring (bicyclic) bond motifs is 2. The highest BCUT2D eigenvalue weighted by atomic mass is 15.4.